The SMILES string of the molecule is NC1CC(C(=O)O)CN(C(=O)c2ccccc2F)C1. The number of halogens is 1. The maximum atomic E-state index is 13.6. The van der Waals surface area contributed by atoms with Crippen molar-refractivity contribution >= 4 is 11.9 Å². The van der Waals surface area contributed by atoms with E-state index in [2.05, 4.69) is 0 Å². The van der Waals surface area contributed by atoms with Crippen molar-refractivity contribution in [2.75, 3.05) is 13.1 Å². The molecule has 1 fully saturated rings. The lowest BCUT2D eigenvalue weighted by Crippen LogP contribution is -2.51. The van der Waals surface area contributed by atoms with Gasteiger partial charge in [0, 0.05) is 19.1 Å². The Labute approximate surface area is 109 Å². The first-order valence-electron chi connectivity index (χ1n) is 6.01. The second kappa shape index (κ2) is 5.36. The van der Waals surface area contributed by atoms with Crippen molar-refractivity contribution in [1.29, 1.82) is 0 Å². The van der Waals surface area contributed by atoms with E-state index in [1.807, 2.05) is 0 Å². The van der Waals surface area contributed by atoms with Gasteiger partial charge in [-0.1, -0.05) is 12.1 Å². The Morgan fingerprint density at radius 2 is 2.00 bits per heavy atom. The van der Waals surface area contributed by atoms with Crippen LogP contribution in [0.5, 0.6) is 0 Å². The Morgan fingerprint density at radius 3 is 2.63 bits per heavy atom. The fraction of sp³-hybridized carbons (Fsp3) is 0.385. The van der Waals surface area contributed by atoms with Gasteiger partial charge in [-0.15, -0.1) is 0 Å². The highest BCUT2D eigenvalue weighted by Gasteiger charge is 2.33. The summed E-state index contributed by atoms with van der Waals surface area (Å²) in [5.41, 5.74) is 5.70. The van der Waals surface area contributed by atoms with Gasteiger partial charge in [-0.3, -0.25) is 9.59 Å². The predicted molar refractivity (Wildman–Crippen MR) is 66.0 cm³/mol. The molecule has 102 valence electrons. The molecular formula is C13H15FN2O3. The third-order valence-corrected chi connectivity index (χ3v) is 3.22. The molecule has 1 aromatic rings. The van der Waals surface area contributed by atoms with E-state index < -0.39 is 29.7 Å². The van der Waals surface area contributed by atoms with Crippen molar-refractivity contribution in [2.24, 2.45) is 11.7 Å². The normalized spacial score (nSPS) is 23.2. The molecule has 2 rings (SSSR count). The van der Waals surface area contributed by atoms with Crippen LogP contribution in [0, 0.1) is 11.7 Å². The van der Waals surface area contributed by atoms with Gasteiger partial charge in [-0.2, -0.15) is 0 Å². The zero-order valence-electron chi connectivity index (χ0n) is 10.3. The van der Waals surface area contributed by atoms with Crippen LogP contribution in [-0.2, 0) is 4.79 Å². The molecule has 6 heteroatoms. The molecule has 0 saturated carbocycles. The zero-order valence-corrected chi connectivity index (χ0v) is 10.3. The number of carboxylic acids is 1. The molecule has 1 saturated heterocycles. The van der Waals surface area contributed by atoms with Crippen molar-refractivity contribution in [3.8, 4) is 0 Å². The van der Waals surface area contributed by atoms with E-state index in [4.69, 9.17) is 10.8 Å². The molecule has 0 radical (unpaired) electrons. The molecular weight excluding hydrogens is 251 g/mol. The summed E-state index contributed by atoms with van der Waals surface area (Å²) >= 11 is 0. The van der Waals surface area contributed by atoms with Crippen LogP contribution in [-0.4, -0.2) is 41.0 Å². The van der Waals surface area contributed by atoms with Crippen LogP contribution in [0.25, 0.3) is 0 Å². The van der Waals surface area contributed by atoms with Gasteiger partial charge in [0.05, 0.1) is 11.5 Å². The third kappa shape index (κ3) is 2.90. The van der Waals surface area contributed by atoms with Crippen LogP contribution in [0.1, 0.15) is 16.8 Å². The van der Waals surface area contributed by atoms with Crippen LogP contribution in [0.2, 0.25) is 0 Å². The van der Waals surface area contributed by atoms with Crippen LogP contribution in [0.3, 0.4) is 0 Å². The van der Waals surface area contributed by atoms with Gasteiger partial charge in [0.25, 0.3) is 5.91 Å². The van der Waals surface area contributed by atoms with Crippen LogP contribution in [0.4, 0.5) is 4.39 Å². The number of hydrogen-bond acceptors (Lipinski definition) is 3. The molecule has 1 aliphatic heterocycles. The van der Waals surface area contributed by atoms with Crippen LogP contribution in [0.15, 0.2) is 24.3 Å². The quantitative estimate of drug-likeness (QED) is 0.825. The number of nitrogens with zero attached hydrogens (tertiary/aromatic N) is 1. The summed E-state index contributed by atoms with van der Waals surface area (Å²) in [7, 11) is 0. The van der Waals surface area contributed by atoms with E-state index >= 15 is 0 Å². The molecule has 3 N–H and O–H groups in total. The number of carbonyl (C=O) groups is 2. The van der Waals surface area contributed by atoms with Gasteiger partial charge >= 0.3 is 5.97 Å². The number of benzene rings is 1. The largest absolute Gasteiger partial charge is 0.481 e. The number of aliphatic carboxylic acids is 1. The van der Waals surface area contributed by atoms with E-state index in [1.54, 1.807) is 6.07 Å². The number of carbonyl (C=O) groups excluding carboxylic acids is 1. The second-order valence-corrected chi connectivity index (χ2v) is 4.72. The summed E-state index contributed by atoms with van der Waals surface area (Å²) in [6.45, 7) is 0.313. The molecule has 2 atom stereocenters. The molecule has 1 aromatic carbocycles. The number of hydrogen-bond donors (Lipinski definition) is 2. The lowest BCUT2D eigenvalue weighted by atomic mass is 9.94. The van der Waals surface area contributed by atoms with Crippen molar-refractivity contribution in [1.82, 2.24) is 4.90 Å². The first-order valence-corrected chi connectivity index (χ1v) is 6.01. The highest BCUT2D eigenvalue weighted by Crippen LogP contribution is 2.19. The lowest BCUT2D eigenvalue weighted by molar-refractivity contribution is -0.143. The van der Waals surface area contributed by atoms with Crippen molar-refractivity contribution in [3.05, 3.63) is 35.6 Å². The van der Waals surface area contributed by atoms with Gasteiger partial charge in [0.15, 0.2) is 0 Å². The van der Waals surface area contributed by atoms with Crippen LogP contribution < -0.4 is 5.73 Å². The summed E-state index contributed by atoms with van der Waals surface area (Å²) < 4.78 is 13.6. The van der Waals surface area contributed by atoms with E-state index in [1.165, 1.54) is 23.1 Å². The summed E-state index contributed by atoms with van der Waals surface area (Å²) in [5.74, 6) is -2.81. The first-order chi connectivity index (χ1) is 8.99. The number of carboxylic acid groups (broad SMARTS) is 1. The monoisotopic (exact) mass is 266 g/mol. The summed E-state index contributed by atoms with van der Waals surface area (Å²) in [5, 5.41) is 9.01. The molecule has 0 spiro atoms. The highest BCUT2D eigenvalue weighted by atomic mass is 19.1. The molecule has 1 aliphatic rings. The van der Waals surface area contributed by atoms with Crippen molar-refractivity contribution in [3.63, 3.8) is 0 Å². The number of piperidine rings is 1. The van der Waals surface area contributed by atoms with E-state index in [9.17, 15) is 14.0 Å². The lowest BCUT2D eigenvalue weighted by Gasteiger charge is -2.34. The molecule has 0 aromatic heterocycles. The minimum absolute atomic E-state index is 0.0549. The average Bonchev–Trinajstić information content (AvgIpc) is 2.37. The minimum atomic E-state index is -0.985. The predicted octanol–water partition coefficient (Wildman–Crippen LogP) is 0.700. The van der Waals surface area contributed by atoms with E-state index in [-0.39, 0.29) is 18.7 Å². The smallest absolute Gasteiger partial charge is 0.308 e. The third-order valence-electron chi connectivity index (χ3n) is 3.22. The fourth-order valence-electron chi connectivity index (χ4n) is 2.29. The molecule has 0 aliphatic carbocycles. The van der Waals surface area contributed by atoms with Crippen LogP contribution >= 0.6 is 0 Å². The standard InChI is InChI=1S/C13H15FN2O3/c14-11-4-2-1-3-10(11)12(17)16-6-8(13(18)19)5-9(15)7-16/h1-4,8-9H,5-7,15H2,(H,18,19). The van der Waals surface area contributed by atoms with E-state index in [0.29, 0.717) is 6.42 Å². The number of amides is 1. The zero-order chi connectivity index (χ0) is 14.0. The van der Waals surface area contributed by atoms with Gasteiger partial charge < -0.3 is 15.7 Å². The summed E-state index contributed by atoms with van der Waals surface area (Å²) in [6.07, 6.45) is 0.330. The average molecular weight is 266 g/mol. The minimum Gasteiger partial charge on any atom is -0.481 e. The Bertz CT molecular complexity index is 506. The summed E-state index contributed by atoms with van der Waals surface area (Å²) in [6, 6.07) is 5.24. The Kier molecular flexibility index (Phi) is 3.80. The molecule has 0 bridgehead atoms. The molecule has 2 unspecified atom stereocenters. The molecule has 5 nitrogen and oxygen atoms in total. The molecule has 1 heterocycles. The van der Waals surface area contributed by atoms with Crippen molar-refractivity contribution < 1.29 is 19.1 Å². The number of rotatable bonds is 2. The topological polar surface area (TPSA) is 83.6 Å². The Morgan fingerprint density at radius 1 is 1.32 bits per heavy atom. The van der Waals surface area contributed by atoms with E-state index in [0.717, 1.165) is 0 Å². The van der Waals surface area contributed by atoms with Gasteiger partial charge in [-0.05, 0) is 18.6 Å². The maximum absolute atomic E-state index is 13.6. The first kappa shape index (κ1) is 13.5. The maximum Gasteiger partial charge on any atom is 0.308 e. The highest BCUT2D eigenvalue weighted by molar-refractivity contribution is 5.94. The van der Waals surface area contributed by atoms with Gasteiger partial charge in [0.1, 0.15) is 5.82 Å². The molecule has 19 heavy (non-hydrogen) atoms. The second-order valence-electron chi connectivity index (χ2n) is 4.72. The fourth-order valence-corrected chi connectivity index (χ4v) is 2.29. The van der Waals surface area contributed by atoms with Crippen molar-refractivity contribution in [2.45, 2.75) is 12.5 Å². The van der Waals surface area contributed by atoms with Gasteiger partial charge in [0.2, 0.25) is 0 Å². The summed E-state index contributed by atoms with van der Waals surface area (Å²) in [4.78, 5) is 24.5. The Hall–Kier alpha value is -1.95. The van der Waals surface area contributed by atoms with Gasteiger partial charge in [-0.25, -0.2) is 4.39 Å². The number of likely N-dealkylation sites (tertiary alicyclic amines) is 1. The Balaban J connectivity index is 2.19. The molecule has 1 amide bonds. The number of nitrogens with two attached hydrogens (primary N) is 1.